The van der Waals surface area contributed by atoms with Crippen molar-refractivity contribution < 1.29 is 27.1 Å². The van der Waals surface area contributed by atoms with Gasteiger partial charge in [0.15, 0.2) is 0 Å². The minimum atomic E-state index is -4.05. The molecule has 0 saturated carbocycles. The fourth-order valence-corrected chi connectivity index (χ4v) is 3.51. The van der Waals surface area contributed by atoms with Gasteiger partial charge in [-0.3, -0.25) is 0 Å². The summed E-state index contributed by atoms with van der Waals surface area (Å²) in [5, 5.41) is 0. The molecule has 1 aliphatic rings. The molecule has 0 atom stereocenters. The highest BCUT2D eigenvalue weighted by Gasteiger charge is 2.59. The van der Waals surface area contributed by atoms with Gasteiger partial charge in [0.1, 0.15) is 6.61 Å². The average Bonchev–Trinajstić information content (AvgIpc) is 2.38. The van der Waals surface area contributed by atoms with E-state index in [1.54, 1.807) is 0 Å². The smallest absolute Gasteiger partial charge is 0.333 e. The summed E-state index contributed by atoms with van der Waals surface area (Å²) in [6.07, 6.45) is 0. The van der Waals surface area contributed by atoms with Gasteiger partial charge in [-0.05, 0) is 13.8 Å². The van der Waals surface area contributed by atoms with E-state index in [1.165, 1.54) is 13.8 Å². The van der Waals surface area contributed by atoms with Crippen LogP contribution in [0, 0.1) is 0 Å². The summed E-state index contributed by atoms with van der Waals surface area (Å²) in [5.41, 5.74) is 0.169. The lowest BCUT2D eigenvalue weighted by Gasteiger charge is -2.25. The first-order chi connectivity index (χ1) is 8.49. The first-order valence-electron chi connectivity index (χ1n) is 5.35. The molecule has 19 heavy (non-hydrogen) atoms. The number of hydrogen-bond acceptors (Lipinski definition) is 4. The van der Waals surface area contributed by atoms with E-state index in [-0.39, 0.29) is 12.2 Å². The van der Waals surface area contributed by atoms with E-state index >= 15 is 0 Å². The Kier molecular flexibility index (Phi) is 4.88. The average molecular weight is 318 g/mol. The maximum Gasteiger partial charge on any atom is 0.333 e. The van der Waals surface area contributed by atoms with Gasteiger partial charge in [0.2, 0.25) is 0 Å². The Labute approximate surface area is 117 Å². The zero-order valence-electron chi connectivity index (χ0n) is 10.5. The Bertz CT molecular complexity index is 367. The molecule has 0 amide bonds. The van der Waals surface area contributed by atoms with Crippen molar-refractivity contribution in [1.82, 2.24) is 0 Å². The van der Waals surface area contributed by atoms with Crippen LogP contribution in [-0.2, 0) is 9.53 Å². The van der Waals surface area contributed by atoms with Crippen molar-refractivity contribution in [1.29, 1.82) is 0 Å². The molecule has 1 fully saturated rings. The van der Waals surface area contributed by atoms with E-state index in [1.807, 2.05) is 0 Å². The summed E-state index contributed by atoms with van der Waals surface area (Å²) >= 11 is 1.35. The second kappa shape index (κ2) is 5.55. The second-order valence-corrected chi connectivity index (χ2v) is 7.69. The maximum absolute atomic E-state index is 13.2. The molecule has 8 heteroatoms. The number of thioether (sulfide) groups is 2. The molecule has 1 heterocycles. The van der Waals surface area contributed by atoms with Crippen molar-refractivity contribution in [2.24, 2.45) is 0 Å². The minimum Gasteiger partial charge on any atom is -0.460 e. The van der Waals surface area contributed by atoms with E-state index in [0.717, 1.165) is 0 Å². The van der Waals surface area contributed by atoms with Crippen molar-refractivity contribution in [2.75, 3.05) is 18.1 Å². The van der Waals surface area contributed by atoms with Crippen LogP contribution in [0.15, 0.2) is 12.2 Å². The highest BCUT2D eigenvalue weighted by Crippen LogP contribution is 2.50. The molecular formula is C11H14F4O2S2. The first-order valence-corrected chi connectivity index (χ1v) is 7.32. The summed E-state index contributed by atoms with van der Waals surface area (Å²) in [7, 11) is 0. The Morgan fingerprint density at radius 2 is 1.63 bits per heavy atom. The molecule has 110 valence electrons. The zero-order valence-corrected chi connectivity index (χ0v) is 12.1. The van der Waals surface area contributed by atoms with Crippen LogP contribution in [0.3, 0.4) is 0 Å². The maximum atomic E-state index is 13.2. The van der Waals surface area contributed by atoms with Crippen LogP contribution >= 0.6 is 23.5 Å². The number of ether oxygens (including phenoxy) is 1. The van der Waals surface area contributed by atoms with E-state index in [2.05, 4.69) is 6.58 Å². The molecule has 0 bridgehead atoms. The van der Waals surface area contributed by atoms with E-state index in [9.17, 15) is 22.4 Å². The summed E-state index contributed by atoms with van der Waals surface area (Å²) in [5.74, 6) is -10.8. The van der Waals surface area contributed by atoms with Gasteiger partial charge < -0.3 is 4.74 Å². The lowest BCUT2D eigenvalue weighted by molar-refractivity contribution is -0.178. The van der Waals surface area contributed by atoms with Crippen molar-refractivity contribution in [3.63, 3.8) is 0 Å². The number of halogens is 4. The van der Waals surface area contributed by atoms with E-state index < -0.39 is 33.4 Å². The van der Waals surface area contributed by atoms with Gasteiger partial charge in [0.05, 0.1) is 15.6 Å². The summed E-state index contributed by atoms with van der Waals surface area (Å²) in [6.45, 7) is 6.11. The predicted molar refractivity (Wildman–Crippen MR) is 69.0 cm³/mol. The van der Waals surface area contributed by atoms with Gasteiger partial charge in [0.25, 0.3) is 0 Å². The molecule has 0 aromatic heterocycles. The fraction of sp³-hybridized carbons (Fsp3) is 0.727. The second-order valence-electron chi connectivity index (χ2n) is 4.48. The lowest BCUT2D eigenvalue weighted by Crippen LogP contribution is -2.43. The Morgan fingerprint density at radius 1 is 1.21 bits per heavy atom. The van der Waals surface area contributed by atoms with Gasteiger partial charge in [-0.25, -0.2) is 4.79 Å². The van der Waals surface area contributed by atoms with Crippen LogP contribution in [0.2, 0.25) is 0 Å². The van der Waals surface area contributed by atoms with Crippen molar-refractivity contribution in [3.8, 4) is 0 Å². The Hall–Kier alpha value is -0.370. The van der Waals surface area contributed by atoms with Crippen LogP contribution in [0.1, 0.15) is 13.8 Å². The topological polar surface area (TPSA) is 26.3 Å². The van der Waals surface area contributed by atoms with Crippen LogP contribution < -0.4 is 0 Å². The monoisotopic (exact) mass is 318 g/mol. The van der Waals surface area contributed by atoms with Crippen molar-refractivity contribution in [3.05, 3.63) is 12.2 Å². The van der Waals surface area contributed by atoms with E-state index in [0.29, 0.717) is 23.5 Å². The number of hydrogen-bond donors (Lipinski definition) is 0. The normalized spacial score (nSPS) is 24.3. The molecule has 1 aliphatic heterocycles. The Balaban J connectivity index is 2.70. The fourth-order valence-electron chi connectivity index (χ4n) is 1.14. The van der Waals surface area contributed by atoms with E-state index in [4.69, 9.17) is 4.74 Å². The standard InChI is InChI=1S/C11H14F4O2S2/c1-7(2)8(16)17-4-9(3)18-5-10(12,13)11(14,15)6-19-9/h1,4-6H2,2-3H3. The zero-order chi connectivity index (χ0) is 14.9. The number of alkyl halides is 4. The highest BCUT2D eigenvalue weighted by atomic mass is 32.2. The van der Waals surface area contributed by atoms with Crippen molar-refractivity contribution >= 4 is 29.5 Å². The van der Waals surface area contributed by atoms with Crippen LogP contribution in [0.25, 0.3) is 0 Å². The third-order valence-electron chi connectivity index (χ3n) is 2.47. The lowest BCUT2D eigenvalue weighted by atomic mass is 10.2. The van der Waals surface area contributed by atoms with Gasteiger partial charge in [-0.2, -0.15) is 17.6 Å². The molecule has 0 unspecified atom stereocenters. The van der Waals surface area contributed by atoms with Crippen molar-refractivity contribution in [2.45, 2.75) is 29.8 Å². The summed E-state index contributed by atoms with van der Waals surface area (Å²) in [4.78, 5) is 11.2. The first kappa shape index (κ1) is 16.7. The minimum absolute atomic E-state index is 0.169. The van der Waals surface area contributed by atoms with Crippen LogP contribution in [0.5, 0.6) is 0 Å². The quantitative estimate of drug-likeness (QED) is 0.451. The molecule has 0 radical (unpaired) electrons. The highest BCUT2D eigenvalue weighted by molar-refractivity contribution is 8.18. The van der Waals surface area contributed by atoms with Gasteiger partial charge in [-0.1, -0.05) is 6.58 Å². The molecule has 0 aromatic rings. The predicted octanol–water partition coefficient (Wildman–Crippen LogP) is 3.57. The molecule has 2 nitrogen and oxygen atoms in total. The number of esters is 1. The molecule has 0 aromatic carbocycles. The third-order valence-corrected chi connectivity index (χ3v) is 5.64. The largest absolute Gasteiger partial charge is 0.460 e. The molecule has 0 N–H and O–H groups in total. The van der Waals surface area contributed by atoms with Crippen LogP contribution in [0.4, 0.5) is 17.6 Å². The van der Waals surface area contributed by atoms with Gasteiger partial charge in [0, 0.05) is 5.57 Å². The molecule has 1 rings (SSSR count). The molecule has 1 saturated heterocycles. The molecule has 0 aliphatic carbocycles. The van der Waals surface area contributed by atoms with Crippen LogP contribution in [-0.4, -0.2) is 40.0 Å². The van der Waals surface area contributed by atoms with Gasteiger partial charge in [-0.15, -0.1) is 23.5 Å². The number of carbonyl (C=O) groups excluding carboxylic acids is 1. The number of carbonyl (C=O) groups is 1. The SMILES string of the molecule is C=C(C)C(=O)OCC1(C)SCC(F)(F)C(F)(F)CS1. The summed E-state index contributed by atoms with van der Waals surface area (Å²) < 4.78 is 56.7. The Morgan fingerprint density at radius 3 is 2.00 bits per heavy atom. The molecular weight excluding hydrogens is 304 g/mol. The third kappa shape index (κ3) is 4.05. The van der Waals surface area contributed by atoms with Gasteiger partial charge >= 0.3 is 17.8 Å². The summed E-state index contributed by atoms with van der Waals surface area (Å²) in [6, 6.07) is 0. The molecule has 0 spiro atoms. The number of rotatable bonds is 3.